The molecule has 4 heterocycles. The van der Waals surface area contributed by atoms with Gasteiger partial charge in [0.25, 0.3) is 5.56 Å². The second kappa shape index (κ2) is 9.19. The van der Waals surface area contributed by atoms with E-state index in [1.54, 1.807) is 35.0 Å². The minimum atomic E-state index is -0.202. The van der Waals surface area contributed by atoms with Gasteiger partial charge in [-0.1, -0.05) is 29.4 Å². The van der Waals surface area contributed by atoms with Crippen LogP contribution in [0.5, 0.6) is 0 Å². The molecule has 1 N–H and O–H groups in total. The summed E-state index contributed by atoms with van der Waals surface area (Å²) in [5, 5.41) is 4.73. The first-order valence-electron chi connectivity index (χ1n) is 10.2. The van der Waals surface area contributed by atoms with Crippen LogP contribution in [0.3, 0.4) is 0 Å². The van der Waals surface area contributed by atoms with Crippen LogP contribution < -0.4 is 10.9 Å². The Balaban J connectivity index is 1.47. The van der Waals surface area contributed by atoms with Crippen LogP contribution in [0.4, 0.5) is 5.69 Å². The molecule has 164 valence electrons. The van der Waals surface area contributed by atoms with Crippen LogP contribution in [0.25, 0.3) is 20.4 Å². The molecule has 0 unspecified atom stereocenters. The molecule has 0 bridgehead atoms. The molecule has 0 aliphatic carbocycles. The minimum Gasteiger partial charge on any atom is -0.376 e. The molecule has 1 saturated heterocycles. The number of nitrogens with one attached hydrogen (secondary N) is 1. The van der Waals surface area contributed by atoms with E-state index >= 15 is 0 Å². The molecule has 4 aromatic rings. The van der Waals surface area contributed by atoms with Crippen molar-refractivity contribution in [2.45, 2.75) is 30.6 Å². The maximum Gasteiger partial charge on any atom is 0.272 e. The topological polar surface area (TPSA) is 86.1 Å². The fourth-order valence-electron chi connectivity index (χ4n) is 3.70. The van der Waals surface area contributed by atoms with Crippen molar-refractivity contribution in [2.75, 3.05) is 17.7 Å². The predicted molar refractivity (Wildman–Crippen MR) is 129 cm³/mol. The molecule has 1 amide bonds. The van der Waals surface area contributed by atoms with Crippen molar-refractivity contribution in [3.8, 4) is 0 Å². The van der Waals surface area contributed by atoms with Gasteiger partial charge in [-0.25, -0.2) is 9.97 Å². The molecule has 1 fully saturated rings. The lowest BCUT2D eigenvalue weighted by Gasteiger charge is -2.15. The van der Waals surface area contributed by atoms with Crippen LogP contribution in [0, 0.1) is 0 Å². The number of fused-ring (bicyclic) bond motifs is 3. The van der Waals surface area contributed by atoms with E-state index in [2.05, 4.69) is 10.3 Å². The van der Waals surface area contributed by atoms with Gasteiger partial charge in [0.1, 0.15) is 9.53 Å². The number of carbonyl (C=O) groups is 1. The van der Waals surface area contributed by atoms with Gasteiger partial charge in [0.15, 0.2) is 5.16 Å². The third-order valence-electron chi connectivity index (χ3n) is 5.17. The average molecular weight is 487 g/mol. The lowest BCUT2D eigenvalue weighted by molar-refractivity contribution is -0.113. The fourth-order valence-corrected chi connectivity index (χ4v) is 5.72. The number of halogens is 1. The van der Waals surface area contributed by atoms with Crippen molar-refractivity contribution in [2.24, 2.45) is 0 Å². The highest BCUT2D eigenvalue weighted by atomic mass is 35.5. The van der Waals surface area contributed by atoms with Crippen molar-refractivity contribution < 1.29 is 9.53 Å². The zero-order valence-electron chi connectivity index (χ0n) is 16.9. The van der Waals surface area contributed by atoms with E-state index in [9.17, 15) is 9.59 Å². The van der Waals surface area contributed by atoms with Gasteiger partial charge in [0, 0.05) is 28.9 Å². The molecule has 1 aromatic carbocycles. The number of benzene rings is 1. The van der Waals surface area contributed by atoms with Crippen molar-refractivity contribution in [1.29, 1.82) is 0 Å². The zero-order valence-corrected chi connectivity index (χ0v) is 19.3. The number of rotatable bonds is 6. The summed E-state index contributed by atoms with van der Waals surface area (Å²) in [6, 6.07) is 10.7. The molecule has 0 radical (unpaired) electrons. The number of nitrogens with zero attached hydrogens (tertiary/aromatic N) is 3. The highest BCUT2D eigenvalue weighted by Crippen LogP contribution is 2.31. The van der Waals surface area contributed by atoms with E-state index in [4.69, 9.17) is 21.3 Å². The Hall–Kier alpha value is -2.46. The number of ether oxygens (including phenoxy) is 1. The number of hydrogen-bond donors (Lipinski definition) is 1. The van der Waals surface area contributed by atoms with E-state index < -0.39 is 0 Å². The quantitative estimate of drug-likeness (QED) is 0.317. The number of thiophene rings is 1. The standard InChI is InChI=1S/C22H19ClN4O3S2/c23-13-4-1-5-14(10-13)25-17(28)12-31-22-26-18-16-7-2-8-24-20(16)32-19(18)21(29)27(22)11-15-6-3-9-30-15/h1-2,4-5,7-8,10,15H,3,6,9,11-12H2,(H,25,28)/t15-/m1/s1. The number of aromatic nitrogens is 3. The van der Waals surface area contributed by atoms with Crippen LogP contribution in [-0.4, -0.2) is 38.9 Å². The van der Waals surface area contributed by atoms with Gasteiger partial charge in [-0.05, 0) is 43.2 Å². The zero-order chi connectivity index (χ0) is 22.1. The SMILES string of the molecule is O=C(CSc1nc2c(sc3ncccc32)c(=O)n1C[C@H]1CCCO1)Nc1cccc(Cl)c1. The predicted octanol–water partition coefficient (Wildman–Crippen LogP) is 4.57. The normalized spacial score (nSPS) is 16.1. The third kappa shape index (κ3) is 4.38. The summed E-state index contributed by atoms with van der Waals surface area (Å²) in [7, 11) is 0. The van der Waals surface area contributed by atoms with Gasteiger partial charge in [-0.15, -0.1) is 11.3 Å². The van der Waals surface area contributed by atoms with E-state index in [1.165, 1.54) is 23.1 Å². The van der Waals surface area contributed by atoms with Gasteiger partial charge in [0.05, 0.1) is 23.9 Å². The van der Waals surface area contributed by atoms with Gasteiger partial charge >= 0.3 is 0 Å². The molecular formula is C22H19ClN4O3S2. The summed E-state index contributed by atoms with van der Waals surface area (Å²) in [6.07, 6.45) is 3.56. The number of hydrogen-bond acceptors (Lipinski definition) is 7. The van der Waals surface area contributed by atoms with E-state index in [0.717, 1.165) is 23.1 Å². The summed E-state index contributed by atoms with van der Waals surface area (Å²) in [5.74, 6) is -0.0943. The molecular weight excluding hydrogens is 468 g/mol. The second-order valence-electron chi connectivity index (χ2n) is 7.43. The van der Waals surface area contributed by atoms with Gasteiger partial charge in [0.2, 0.25) is 5.91 Å². The molecule has 0 spiro atoms. The Kier molecular flexibility index (Phi) is 6.14. The summed E-state index contributed by atoms with van der Waals surface area (Å²) in [6.45, 7) is 1.12. The number of pyridine rings is 1. The Morgan fingerprint density at radius 1 is 1.34 bits per heavy atom. The highest BCUT2D eigenvalue weighted by molar-refractivity contribution is 7.99. The lowest BCUT2D eigenvalue weighted by atomic mass is 10.2. The van der Waals surface area contributed by atoms with Crippen LogP contribution in [0.1, 0.15) is 12.8 Å². The Morgan fingerprint density at radius 2 is 2.25 bits per heavy atom. The number of carbonyl (C=O) groups excluding carboxylic acids is 1. The molecule has 5 rings (SSSR count). The molecule has 1 aliphatic rings. The molecule has 3 aromatic heterocycles. The van der Waals surface area contributed by atoms with Crippen molar-refractivity contribution in [1.82, 2.24) is 14.5 Å². The van der Waals surface area contributed by atoms with Crippen LogP contribution >= 0.6 is 34.7 Å². The largest absolute Gasteiger partial charge is 0.376 e. The van der Waals surface area contributed by atoms with E-state index in [-0.39, 0.29) is 23.3 Å². The molecule has 32 heavy (non-hydrogen) atoms. The molecule has 1 atom stereocenters. The first kappa shape index (κ1) is 21.4. The number of amides is 1. The smallest absolute Gasteiger partial charge is 0.272 e. The second-order valence-corrected chi connectivity index (χ2v) is 9.81. The van der Waals surface area contributed by atoms with Crippen LogP contribution in [0.2, 0.25) is 5.02 Å². The van der Waals surface area contributed by atoms with Gasteiger partial charge < -0.3 is 10.1 Å². The number of anilines is 1. The highest BCUT2D eigenvalue weighted by Gasteiger charge is 2.22. The van der Waals surface area contributed by atoms with Crippen molar-refractivity contribution in [3.05, 3.63) is 58.0 Å². The number of thioether (sulfide) groups is 1. The summed E-state index contributed by atoms with van der Waals surface area (Å²) >= 11 is 8.58. The van der Waals surface area contributed by atoms with Gasteiger partial charge in [-0.3, -0.25) is 14.2 Å². The maximum absolute atomic E-state index is 13.4. The third-order valence-corrected chi connectivity index (χ3v) is 7.47. The summed E-state index contributed by atoms with van der Waals surface area (Å²) in [5.41, 5.74) is 1.13. The Bertz CT molecular complexity index is 1360. The molecule has 1 aliphatic heterocycles. The summed E-state index contributed by atoms with van der Waals surface area (Å²) < 4.78 is 7.97. The lowest BCUT2D eigenvalue weighted by Crippen LogP contribution is -2.28. The fraction of sp³-hybridized carbons (Fsp3) is 0.273. The van der Waals surface area contributed by atoms with Crippen LogP contribution in [0.15, 0.2) is 52.5 Å². The average Bonchev–Trinajstić information content (AvgIpc) is 3.42. The van der Waals surface area contributed by atoms with Crippen LogP contribution in [-0.2, 0) is 16.1 Å². The van der Waals surface area contributed by atoms with Crippen molar-refractivity contribution >= 4 is 66.7 Å². The first-order valence-corrected chi connectivity index (χ1v) is 12.3. The first-order chi connectivity index (χ1) is 15.6. The Morgan fingerprint density at radius 3 is 3.06 bits per heavy atom. The molecule has 0 saturated carbocycles. The van der Waals surface area contributed by atoms with E-state index in [0.29, 0.717) is 39.2 Å². The van der Waals surface area contributed by atoms with E-state index in [1.807, 2.05) is 12.1 Å². The molecule has 10 heteroatoms. The monoisotopic (exact) mass is 486 g/mol. The Labute approximate surface area is 196 Å². The van der Waals surface area contributed by atoms with Crippen molar-refractivity contribution in [3.63, 3.8) is 0 Å². The maximum atomic E-state index is 13.4. The summed E-state index contributed by atoms with van der Waals surface area (Å²) in [4.78, 5) is 35.9. The minimum absolute atomic E-state index is 0.0286. The van der Waals surface area contributed by atoms with Gasteiger partial charge in [-0.2, -0.15) is 0 Å². The molecule has 7 nitrogen and oxygen atoms in total.